The van der Waals surface area contributed by atoms with Crippen LogP contribution >= 0.6 is 23.2 Å². The van der Waals surface area contributed by atoms with Gasteiger partial charge >= 0.3 is 5.97 Å². The van der Waals surface area contributed by atoms with E-state index in [4.69, 9.17) is 32.4 Å². The van der Waals surface area contributed by atoms with E-state index < -0.39 is 18.5 Å². The summed E-state index contributed by atoms with van der Waals surface area (Å²) in [6.45, 7) is -0.549. The van der Waals surface area contributed by atoms with Crippen molar-refractivity contribution in [3.8, 4) is 11.3 Å². The number of rotatable bonds is 5. The van der Waals surface area contributed by atoms with E-state index in [9.17, 15) is 14.0 Å². The van der Waals surface area contributed by atoms with E-state index in [1.54, 1.807) is 24.3 Å². The summed E-state index contributed by atoms with van der Waals surface area (Å²) in [7, 11) is 0. The molecule has 0 saturated heterocycles. The fraction of sp³-hybridized carbons (Fsp3) is 0.0526. The molecule has 0 bridgehead atoms. The molecule has 3 rings (SSSR count). The highest BCUT2D eigenvalue weighted by Crippen LogP contribution is 2.29. The van der Waals surface area contributed by atoms with Crippen molar-refractivity contribution in [2.24, 2.45) is 0 Å². The molecule has 1 amide bonds. The lowest BCUT2D eigenvalue weighted by molar-refractivity contribution is -0.119. The fourth-order valence-corrected chi connectivity index (χ4v) is 2.70. The summed E-state index contributed by atoms with van der Waals surface area (Å²) < 4.78 is 23.3. The Labute approximate surface area is 163 Å². The van der Waals surface area contributed by atoms with E-state index in [0.29, 0.717) is 11.3 Å². The van der Waals surface area contributed by atoms with Gasteiger partial charge in [0.1, 0.15) is 11.6 Å². The van der Waals surface area contributed by atoms with Crippen LogP contribution < -0.4 is 5.32 Å². The number of benzene rings is 2. The van der Waals surface area contributed by atoms with Gasteiger partial charge in [0.25, 0.3) is 5.91 Å². The molecule has 1 aromatic heterocycles. The van der Waals surface area contributed by atoms with E-state index in [1.807, 2.05) is 0 Å². The lowest BCUT2D eigenvalue weighted by Crippen LogP contribution is -2.21. The van der Waals surface area contributed by atoms with Crippen molar-refractivity contribution in [2.75, 3.05) is 11.9 Å². The minimum atomic E-state index is -0.816. The molecule has 0 aliphatic heterocycles. The molecule has 8 heteroatoms. The van der Waals surface area contributed by atoms with Crippen LogP contribution in [0.1, 0.15) is 10.6 Å². The minimum Gasteiger partial charge on any atom is -0.450 e. The molecular weight excluding hydrogens is 396 g/mol. The van der Waals surface area contributed by atoms with E-state index in [0.717, 1.165) is 0 Å². The Bertz CT molecular complexity index is 965. The molecule has 5 nitrogen and oxygen atoms in total. The maximum absolute atomic E-state index is 13.0. The van der Waals surface area contributed by atoms with Crippen LogP contribution in [0.5, 0.6) is 0 Å². The maximum Gasteiger partial charge on any atom is 0.374 e. The number of anilines is 1. The van der Waals surface area contributed by atoms with Gasteiger partial charge in [0.15, 0.2) is 6.61 Å². The number of ether oxygens (including phenoxy) is 1. The molecule has 0 fully saturated rings. The van der Waals surface area contributed by atoms with E-state index in [1.165, 1.54) is 30.3 Å². The number of nitrogens with one attached hydrogen (secondary N) is 1. The van der Waals surface area contributed by atoms with Gasteiger partial charge in [0, 0.05) is 5.56 Å². The average molecular weight is 408 g/mol. The molecular formula is C19H12Cl2FNO4. The second kappa shape index (κ2) is 8.24. The van der Waals surface area contributed by atoms with Gasteiger partial charge in [-0.2, -0.15) is 0 Å². The van der Waals surface area contributed by atoms with Gasteiger partial charge in [0.2, 0.25) is 5.76 Å². The normalized spacial score (nSPS) is 10.5. The molecule has 0 atom stereocenters. The van der Waals surface area contributed by atoms with Crippen molar-refractivity contribution in [3.05, 3.63) is 76.2 Å². The Morgan fingerprint density at radius 1 is 1.00 bits per heavy atom. The Kier molecular flexibility index (Phi) is 5.78. The van der Waals surface area contributed by atoms with Crippen molar-refractivity contribution >= 4 is 40.8 Å². The van der Waals surface area contributed by atoms with Crippen molar-refractivity contribution < 1.29 is 23.1 Å². The van der Waals surface area contributed by atoms with Crippen LogP contribution in [0.4, 0.5) is 10.1 Å². The van der Waals surface area contributed by atoms with Gasteiger partial charge in [-0.3, -0.25) is 4.79 Å². The van der Waals surface area contributed by atoms with Crippen LogP contribution in [0.2, 0.25) is 10.0 Å². The van der Waals surface area contributed by atoms with Gasteiger partial charge in [-0.15, -0.1) is 0 Å². The molecule has 3 aromatic rings. The van der Waals surface area contributed by atoms with Gasteiger partial charge < -0.3 is 14.5 Å². The smallest absolute Gasteiger partial charge is 0.374 e. The number of carbonyl (C=O) groups excluding carboxylic acids is 2. The molecule has 0 aliphatic rings. The molecule has 27 heavy (non-hydrogen) atoms. The largest absolute Gasteiger partial charge is 0.450 e. The van der Waals surface area contributed by atoms with Crippen LogP contribution in [-0.2, 0) is 9.53 Å². The monoisotopic (exact) mass is 407 g/mol. The Morgan fingerprint density at radius 3 is 2.33 bits per heavy atom. The minimum absolute atomic E-state index is 0.0853. The van der Waals surface area contributed by atoms with Crippen molar-refractivity contribution in [2.45, 2.75) is 0 Å². The molecule has 0 aliphatic carbocycles. The number of para-hydroxylation sites is 1. The Balaban J connectivity index is 1.59. The zero-order chi connectivity index (χ0) is 19.4. The predicted molar refractivity (Wildman–Crippen MR) is 99.5 cm³/mol. The molecule has 2 aromatic carbocycles. The van der Waals surface area contributed by atoms with Crippen molar-refractivity contribution in [3.63, 3.8) is 0 Å². The zero-order valence-corrected chi connectivity index (χ0v) is 15.2. The molecule has 0 spiro atoms. The summed E-state index contributed by atoms with van der Waals surface area (Å²) in [5.74, 6) is -1.52. The molecule has 0 radical (unpaired) electrons. The summed E-state index contributed by atoms with van der Waals surface area (Å²) in [4.78, 5) is 24.0. The van der Waals surface area contributed by atoms with Crippen LogP contribution in [0.3, 0.4) is 0 Å². The summed E-state index contributed by atoms with van der Waals surface area (Å²) in [5, 5.41) is 3.00. The number of furan rings is 1. The lowest BCUT2D eigenvalue weighted by Gasteiger charge is -2.09. The van der Waals surface area contributed by atoms with E-state index in [-0.39, 0.29) is 27.3 Å². The van der Waals surface area contributed by atoms with Crippen molar-refractivity contribution in [1.82, 2.24) is 0 Å². The third kappa shape index (κ3) is 4.67. The number of carbonyl (C=O) groups is 2. The van der Waals surface area contributed by atoms with Crippen molar-refractivity contribution in [1.29, 1.82) is 0 Å². The average Bonchev–Trinajstić information content (AvgIpc) is 3.14. The van der Waals surface area contributed by atoms with Crippen LogP contribution in [0, 0.1) is 5.82 Å². The predicted octanol–water partition coefficient (Wildman–Crippen LogP) is 5.19. The fourth-order valence-electron chi connectivity index (χ4n) is 2.21. The second-order valence-electron chi connectivity index (χ2n) is 5.39. The first kappa shape index (κ1) is 18.9. The molecule has 0 saturated carbocycles. The first-order chi connectivity index (χ1) is 12.9. The highest BCUT2D eigenvalue weighted by molar-refractivity contribution is 6.39. The summed E-state index contributed by atoms with van der Waals surface area (Å²) in [6, 6.07) is 13.3. The standard InChI is InChI=1S/C19H12Cl2FNO4/c20-13-2-1-3-14(21)18(13)23-17(24)10-26-19(25)16-9-8-15(27-16)11-4-6-12(22)7-5-11/h1-9H,10H2,(H,23,24). The number of hydrogen-bond acceptors (Lipinski definition) is 4. The quantitative estimate of drug-likeness (QED) is 0.591. The van der Waals surface area contributed by atoms with Gasteiger partial charge in [-0.05, 0) is 48.5 Å². The molecule has 0 unspecified atom stereocenters. The number of hydrogen-bond donors (Lipinski definition) is 1. The summed E-state index contributed by atoms with van der Waals surface area (Å²) in [6.07, 6.45) is 0. The van der Waals surface area contributed by atoms with Crippen LogP contribution in [0.25, 0.3) is 11.3 Å². The first-order valence-corrected chi connectivity index (χ1v) is 8.46. The number of amides is 1. The van der Waals surface area contributed by atoms with Gasteiger partial charge in [0.05, 0.1) is 15.7 Å². The third-order valence-corrected chi connectivity index (χ3v) is 4.13. The highest BCUT2D eigenvalue weighted by atomic mass is 35.5. The van der Waals surface area contributed by atoms with Crippen LogP contribution in [-0.4, -0.2) is 18.5 Å². The summed E-state index contributed by atoms with van der Waals surface area (Å²) >= 11 is 11.9. The zero-order valence-electron chi connectivity index (χ0n) is 13.7. The Hall–Kier alpha value is -2.83. The second-order valence-corrected chi connectivity index (χ2v) is 6.21. The third-order valence-electron chi connectivity index (χ3n) is 3.50. The molecule has 138 valence electrons. The highest BCUT2D eigenvalue weighted by Gasteiger charge is 2.16. The van der Waals surface area contributed by atoms with Gasteiger partial charge in [-0.1, -0.05) is 29.3 Å². The van der Waals surface area contributed by atoms with Crippen LogP contribution in [0.15, 0.2) is 59.0 Å². The molecule has 1 heterocycles. The van der Waals surface area contributed by atoms with E-state index in [2.05, 4.69) is 5.32 Å². The first-order valence-electron chi connectivity index (χ1n) is 7.71. The maximum atomic E-state index is 13.0. The lowest BCUT2D eigenvalue weighted by atomic mass is 10.2. The summed E-state index contributed by atoms with van der Waals surface area (Å²) in [5.41, 5.74) is 0.833. The topological polar surface area (TPSA) is 68.5 Å². The number of halogens is 3. The number of esters is 1. The van der Waals surface area contributed by atoms with E-state index >= 15 is 0 Å². The molecule has 1 N–H and O–H groups in total. The van der Waals surface area contributed by atoms with Gasteiger partial charge in [-0.25, -0.2) is 9.18 Å². The SMILES string of the molecule is O=C(COC(=O)c1ccc(-c2ccc(F)cc2)o1)Nc1c(Cl)cccc1Cl. The Morgan fingerprint density at radius 2 is 1.67 bits per heavy atom.